The van der Waals surface area contributed by atoms with Gasteiger partial charge in [-0.2, -0.15) is 0 Å². The van der Waals surface area contributed by atoms with E-state index in [-0.39, 0.29) is 16.5 Å². The molecule has 1 aliphatic rings. The first-order valence-electron chi connectivity index (χ1n) is 5.52. The summed E-state index contributed by atoms with van der Waals surface area (Å²) in [7, 11) is 0. The van der Waals surface area contributed by atoms with E-state index in [9.17, 15) is 9.18 Å². The first-order valence-corrected chi connectivity index (χ1v) is 5.90. The summed E-state index contributed by atoms with van der Waals surface area (Å²) in [6.45, 7) is 0. The predicted octanol–water partition coefficient (Wildman–Crippen LogP) is 2.69. The maximum atomic E-state index is 12.9. The van der Waals surface area contributed by atoms with Crippen molar-refractivity contribution in [1.82, 2.24) is 0 Å². The highest BCUT2D eigenvalue weighted by atomic mass is 35.5. The predicted molar refractivity (Wildman–Crippen MR) is 65.4 cm³/mol. The zero-order chi connectivity index (χ0) is 12.5. The number of benzene rings is 1. The second-order valence-corrected chi connectivity index (χ2v) is 4.98. The van der Waals surface area contributed by atoms with Crippen molar-refractivity contribution in [3.8, 4) is 0 Å². The van der Waals surface area contributed by atoms with Crippen LogP contribution in [0.1, 0.15) is 25.7 Å². The van der Waals surface area contributed by atoms with Crippen LogP contribution in [0.3, 0.4) is 0 Å². The molecule has 3 nitrogen and oxygen atoms in total. The van der Waals surface area contributed by atoms with Gasteiger partial charge in [-0.1, -0.05) is 11.6 Å². The van der Waals surface area contributed by atoms with Crippen molar-refractivity contribution < 1.29 is 9.18 Å². The molecule has 0 aliphatic heterocycles. The molecular formula is C12H14ClFN2O. The lowest BCUT2D eigenvalue weighted by atomic mass is 9.75. The molecule has 1 aromatic carbocycles. The molecule has 1 aromatic rings. The van der Waals surface area contributed by atoms with Crippen molar-refractivity contribution in [1.29, 1.82) is 0 Å². The highest BCUT2D eigenvalue weighted by Crippen LogP contribution is 2.32. The van der Waals surface area contributed by atoms with Crippen LogP contribution in [0.2, 0.25) is 5.02 Å². The lowest BCUT2D eigenvalue weighted by molar-refractivity contribution is -0.118. The molecule has 1 amide bonds. The summed E-state index contributed by atoms with van der Waals surface area (Å²) in [5.74, 6) is -0.658. The van der Waals surface area contributed by atoms with Crippen molar-refractivity contribution in [2.45, 2.75) is 31.2 Å². The van der Waals surface area contributed by atoms with E-state index in [1.54, 1.807) is 0 Å². The Morgan fingerprint density at radius 3 is 2.76 bits per heavy atom. The van der Waals surface area contributed by atoms with Crippen LogP contribution in [0.5, 0.6) is 0 Å². The van der Waals surface area contributed by atoms with Gasteiger partial charge < -0.3 is 11.1 Å². The number of amides is 1. The SMILES string of the molecule is NC1(CC(=O)Nc2ccc(F)c(Cl)c2)CCC1. The van der Waals surface area contributed by atoms with Crippen LogP contribution in [0.15, 0.2) is 18.2 Å². The summed E-state index contributed by atoms with van der Waals surface area (Å²) < 4.78 is 12.9. The molecule has 5 heteroatoms. The van der Waals surface area contributed by atoms with Crippen LogP contribution in [-0.2, 0) is 4.79 Å². The second kappa shape index (κ2) is 4.63. The normalized spacial score (nSPS) is 17.4. The molecule has 0 spiro atoms. The monoisotopic (exact) mass is 256 g/mol. The number of hydrogen-bond acceptors (Lipinski definition) is 2. The smallest absolute Gasteiger partial charge is 0.226 e. The van der Waals surface area contributed by atoms with Crippen LogP contribution in [0.4, 0.5) is 10.1 Å². The molecule has 0 radical (unpaired) electrons. The number of hydrogen-bond donors (Lipinski definition) is 2. The molecule has 3 N–H and O–H groups in total. The zero-order valence-electron chi connectivity index (χ0n) is 9.30. The van der Waals surface area contributed by atoms with Crippen LogP contribution in [-0.4, -0.2) is 11.4 Å². The third kappa shape index (κ3) is 2.96. The first-order chi connectivity index (χ1) is 7.98. The number of nitrogens with two attached hydrogens (primary N) is 1. The summed E-state index contributed by atoms with van der Waals surface area (Å²) >= 11 is 5.62. The van der Waals surface area contributed by atoms with Crippen LogP contribution < -0.4 is 11.1 Å². The summed E-state index contributed by atoms with van der Waals surface area (Å²) in [4.78, 5) is 11.7. The van der Waals surface area contributed by atoms with E-state index < -0.39 is 5.82 Å². The molecule has 0 bridgehead atoms. The molecule has 1 saturated carbocycles. The Balaban J connectivity index is 1.95. The Bertz CT molecular complexity index is 446. The van der Waals surface area contributed by atoms with Crippen LogP contribution >= 0.6 is 11.6 Å². The molecule has 17 heavy (non-hydrogen) atoms. The van der Waals surface area contributed by atoms with E-state index in [4.69, 9.17) is 17.3 Å². The summed E-state index contributed by atoms with van der Waals surface area (Å²) in [6.07, 6.45) is 3.13. The van der Waals surface area contributed by atoms with Gasteiger partial charge in [-0.15, -0.1) is 0 Å². The third-order valence-corrected chi connectivity index (χ3v) is 3.35. The molecule has 0 atom stereocenters. The Labute approximate surface area is 104 Å². The van der Waals surface area contributed by atoms with Gasteiger partial charge in [0.05, 0.1) is 5.02 Å². The van der Waals surface area contributed by atoms with E-state index in [1.165, 1.54) is 18.2 Å². The minimum absolute atomic E-state index is 0.00564. The fraction of sp³-hybridized carbons (Fsp3) is 0.417. The molecule has 0 aromatic heterocycles. The van der Waals surface area contributed by atoms with Crippen molar-refractivity contribution >= 4 is 23.2 Å². The highest BCUT2D eigenvalue weighted by molar-refractivity contribution is 6.31. The van der Waals surface area contributed by atoms with Crippen molar-refractivity contribution in [3.05, 3.63) is 29.0 Å². The van der Waals surface area contributed by atoms with E-state index in [0.717, 1.165) is 19.3 Å². The van der Waals surface area contributed by atoms with Gasteiger partial charge in [-0.3, -0.25) is 4.79 Å². The van der Waals surface area contributed by atoms with Gasteiger partial charge in [0, 0.05) is 17.6 Å². The summed E-state index contributed by atoms with van der Waals surface area (Å²) in [5.41, 5.74) is 6.10. The van der Waals surface area contributed by atoms with Gasteiger partial charge >= 0.3 is 0 Å². The standard InChI is InChI=1S/C12H14ClFN2O/c13-9-6-8(2-3-10(9)14)16-11(17)7-12(15)4-1-5-12/h2-3,6H,1,4-5,7,15H2,(H,16,17). The Kier molecular flexibility index (Phi) is 3.35. The minimum atomic E-state index is -0.501. The number of nitrogens with one attached hydrogen (secondary N) is 1. The number of halogens is 2. The Morgan fingerprint density at radius 1 is 1.53 bits per heavy atom. The van der Waals surface area contributed by atoms with Gasteiger partial charge in [0.15, 0.2) is 0 Å². The molecule has 0 heterocycles. The fourth-order valence-electron chi connectivity index (χ4n) is 1.91. The van der Waals surface area contributed by atoms with Crippen molar-refractivity contribution in [2.24, 2.45) is 5.73 Å². The fourth-order valence-corrected chi connectivity index (χ4v) is 2.09. The first kappa shape index (κ1) is 12.3. The van der Waals surface area contributed by atoms with Gasteiger partial charge in [-0.05, 0) is 37.5 Å². The van der Waals surface area contributed by atoms with E-state index in [0.29, 0.717) is 12.1 Å². The maximum Gasteiger partial charge on any atom is 0.226 e. The number of carbonyl (C=O) groups is 1. The molecule has 0 unspecified atom stereocenters. The summed E-state index contributed by atoms with van der Waals surface area (Å²) in [5, 5.41) is 2.66. The molecule has 1 fully saturated rings. The topological polar surface area (TPSA) is 55.1 Å². The average molecular weight is 257 g/mol. The number of rotatable bonds is 3. The average Bonchev–Trinajstić information content (AvgIpc) is 2.21. The maximum absolute atomic E-state index is 12.9. The van der Waals surface area contributed by atoms with E-state index in [1.807, 2.05) is 0 Å². The lowest BCUT2D eigenvalue weighted by Gasteiger charge is -2.37. The molecule has 1 aliphatic carbocycles. The van der Waals surface area contributed by atoms with Crippen molar-refractivity contribution in [3.63, 3.8) is 0 Å². The summed E-state index contributed by atoms with van der Waals surface area (Å²) in [6, 6.07) is 4.08. The van der Waals surface area contributed by atoms with Gasteiger partial charge in [0.1, 0.15) is 5.82 Å². The van der Waals surface area contributed by atoms with E-state index in [2.05, 4.69) is 5.32 Å². The van der Waals surface area contributed by atoms with Crippen LogP contribution in [0, 0.1) is 5.82 Å². The molecular weight excluding hydrogens is 243 g/mol. The second-order valence-electron chi connectivity index (χ2n) is 4.57. The zero-order valence-corrected chi connectivity index (χ0v) is 10.1. The molecule has 92 valence electrons. The van der Waals surface area contributed by atoms with Gasteiger partial charge in [0.25, 0.3) is 0 Å². The quantitative estimate of drug-likeness (QED) is 0.874. The molecule has 2 rings (SSSR count). The third-order valence-electron chi connectivity index (χ3n) is 3.07. The highest BCUT2D eigenvalue weighted by Gasteiger charge is 2.34. The Hall–Kier alpha value is -1.13. The van der Waals surface area contributed by atoms with Gasteiger partial charge in [-0.25, -0.2) is 4.39 Å². The lowest BCUT2D eigenvalue weighted by Crippen LogP contribution is -2.48. The van der Waals surface area contributed by atoms with E-state index >= 15 is 0 Å². The van der Waals surface area contributed by atoms with Crippen LogP contribution in [0.25, 0.3) is 0 Å². The number of anilines is 1. The number of carbonyl (C=O) groups excluding carboxylic acids is 1. The van der Waals surface area contributed by atoms with Gasteiger partial charge in [0.2, 0.25) is 5.91 Å². The Morgan fingerprint density at radius 2 is 2.24 bits per heavy atom. The molecule has 0 saturated heterocycles. The van der Waals surface area contributed by atoms with Crippen molar-refractivity contribution in [2.75, 3.05) is 5.32 Å². The largest absolute Gasteiger partial charge is 0.326 e. The minimum Gasteiger partial charge on any atom is -0.326 e.